The van der Waals surface area contributed by atoms with Gasteiger partial charge in [0.15, 0.2) is 0 Å². The van der Waals surface area contributed by atoms with Crippen LogP contribution in [0.2, 0.25) is 0 Å². The van der Waals surface area contributed by atoms with Crippen LogP contribution in [0.1, 0.15) is 26.7 Å². The number of hydrogen-bond acceptors (Lipinski definition) is 4. The molecular formula is C21H27N3S. The normalized spacial score (nSPS) is 23.8. The lowest BCUT2D eigenvalue weighted by Crippen LogP contribution is -2.49. The second kappa shape index (κ2) is 7.38. The van der Waals surface area contributed by atoms with E-state index in [9.17, 15) is 0 Å². The largest absolute Gasteiger partial charge is 0.354 e. The summed E-state index contributed by atoms with van der Waals surface area (Å²) in [6, 6.07) is 8.58. The van der Waals surface area contributed by atoms with Crippen molar-refractivity contribution >= 4 is 23.3 Å². The fourth-order valence-corrected chi connectivity index (χ4v) is 5.05. The van der Waals surface area contributed by atoms with Crippen molar-refractivity contribution in [2.24, 2.45) is 10.9 Å². The molecule has 0 amide bonds. The van der Waals surface area contributed by atoms with Gasteiger partial charge in [0.05, 0.1) is 5.69 Å². The number of rotatable bonds is 2. The molecule has 0 radical (unpaired) electrons. The van der Waals surface area contributed by atoms with Crippen LogP contribution in [0.25, 0.3) is 0 Å². The molecular weight excluding hydrogens is 326 g/mol. The third-order valence-electron chi connectivity index (χ3n) is 5.18. The molecule has 1 unspecified atom stereocenters. The summed E-state index contributed by atoms with van der Waals surface area (Å²) in [6.45, 7) is 10.2. The van der Waals surface area contributed by atoms with Gasteiger partial charge in [0.25, 0.3) is 0 Å². The van der Waals surface area contributed by atoms with Crippen molar-refractivity contribution in [1.29, 1.82) is 0 Å². The molecule has 0 spiro atoms. The molecule has 2 aliphatic heterocycles. The van der Waals surface area contributed by atoms with E-state index in [4.69, 9.17) is 4.99 Å². The van der Waals surface area contributed by atoms with E-state index < -0.39 is 0 Å². The number of fused-ring (bicyclic) bond motifs is 1. The van der Waals surface area contributed by atoms with Crippen LogP contribution in [0, 0.1) is 5.92 Å². The first-order chi connectivity index (χ1) is 12.2. The maximum atomic E-state index is 5.14. The molecule has 3 nitrogen and oxygen atoms in total. The molecule has 25 heavy (non-hydrogen) atoms. The number of para-hydroxylation sites is 1. The molecule has 0 saturated carbocycles. The number of amidine groups is 1. The zero-order valence-electron chi connectivity index (χ0n) is 15.2. The summed E-state index contributed by atoms with van der Waals surface area (Å²) in [5.74, 6) is 1.80. The van der Waals surface area contributed by atoms with Crippen molar-refractivity contribution < 1.29 is 0 Å². The molecule has 1 aromatic carbocycles. The molecule has 1 aromatic rings. The average Bonchev–Trinajstić information content (AvgIpc) is 2.78. The Kier molecular flexibility index (Phi) is 5.00. The number of piperazine rings is 1. The van der Waals surface area contributed by atoms with E-state index in [1.807, 2.05) is 11.8 Å². The van der Waals surface area contributed by atoms with Gasteiger partial charge in [0.1, 0.15) is 5.84 Å². The number of nitrogens with zero attached hydrogens (tertiary/aromatic N) is 3. The second-order valence-corrected chi connectivity index (χ2v) is 8.35. The van der Waals surface area contributed by atoms with Crippen molar-refractivity contribution in [2.45, 2.75) is 31.6 Å². The Hall–Kier alpha value is -1.52. The Morgan fingerprint density at radius 1 is 1.16 bits per heavy atom. The molecule has 0 bridgehead atoms. The standard InChI is InChI=1S/C21H27N3S/c1-3-10-23-11-13-24(14-12-23)21-17-9-8-16(2)15-20(17)25-19-7-5-4-6-18(19)22-21/h4-9,16H,3,10-15H2,1-2H3. The molecule has 4 rings (SSSR count). The highest BCUT2D eigenvalue weighted by atomic mass is 32.2. The van der Waals surface area contributed by atoms with E-state index in [2.05, 4.69) is 60.1 Å². The molecule has 1 fully saturated rings. The highest BCUT2D eigenvalue weighted by molar-refractivity contribution is 8.03. The maximum absolute atomic E-state index is 5.14. The summed E-state index contributed by atoms with van der Waals surface area (Å²) < 4.78 is 0. The summed E-state index contributed by atoms with van der Waals surface area (Å²) in [4.78, 5) is 13.0. The molecule has 0 N–H and O–H groups in total. The van der Waals surface area contributed by atoms with Crippen LogP contribution >= 0.6 is 11.8 Å². The molecule has 1 aliphatic carbocycles. The molecule has 1 atom stereocenters. The van der Waals surface area contributed by atoms with Gasteiger partial charge >= 0.3 is 0 Å². The van der Waals surface area contributed by atoms with Gasteiger partial charge < -0.3 is 4.90 Å². The van der Waals surface area contributed by atoms with Crippen LogP contribution in [-0.2, 0) is 0 Å². The quantitative estimate of drug-likeness (QED) is 0.768. The lowest BCUT2D eigenvalue weighted by Gasteiger charge is -2.37. The van der Waals surface area contributed by atoms with Crippen LogP contribution < -0.4 is 0 Å². The van der Waals surface area contributed by atoms with Gasteiger partial charge in [0.2, 0.25) is 0 Å². The van der Waals surface area contributed by atoms with Gasteiger partial charge in [-0.05, 0) is 37.4 Å². The van der Waals surface area contributed by atoms with Crippen LogP contribution in [0.15, 0.2) is 56.8 Å². The topological polar surface area (TPSA) is 18.8 Å². The third-order valence-corrected chi connectivity index (χ3v) is 6.37. The van der Waals surface area contributed by atoms with Crippen LogP contribution in [-0.4, -0.2) is 48.4 Å². The SMILES string of the molecule is CCCN1CCN(C2=Nc3ccccc3SC3=C2C=CC(C)C3)CC1. The van der Waals surface area contributed by atoms with Gasteiger partial charge in [-0.1, -0.05) is 49.9 Å². The molecule has 4 heteroatoms. The number of benzene rings is 1. The Morgan fingerprint density at radius 2 is 1.96 bits per heavy atom. The fraction of sp³-hybridized carbons (Fsp3) is 0.476. The summed E-state index contributed by atoms with van der Waals surface area (Å²) in [5.41, 5.74) is 2.47. The summed E-state index contributed by atoms with van der Waals surface area (Å²) >= 11 is 1.92. The van der Waals surface area contributed by atoms with Crippen molar-refractivity contribution in [1.82, 2.24) is 9.80 Å². The van der Waals surface area contributed by atoms with Crippen LogP contribution in [0.3, 0.4) is 0 Å². The zero-order valence-corrected chi connectivity index (χ0v) is 16.1. The monoisotopic (exact) mass is 353 g/mol. The average molecular weight is 354 g/mol. The summed E-state index contributed by atoms with van der Waals surface area (Å²) in [7, 11) is 0. The van der Waals surface area contributed by atoms with Gasteiger partial charge in [-0.3, -0.25) is 4.90 Å². The number of thioether (sulfide) groups is 1. The number of aliphatic imine (C=N–C) groups is 1. The van der Waals surface area contributed by atoms with E-state index >= 15 is 0 Å². The zero-order chi connectivity index (χ0) is 17.2. The van der Waals surface area contributed by atoms with Gasteiger partial charge in [0, 0.05) is 41.6 Å². The van der Waals surface area contributed by atoms with Crippen LogP contribution in [0.5, 0.6) is 0 Å². The molecule has 132 valence electrons. The van der Waals surface area contributed by atoms with Gasteiger partial charge in [-0.15, -0.1) is 0 Å². The molecule has 1 saturated heterocycles. The van der Waals surface area contributed by atoms with Crippen molar-refractivity contribution in [3.8, 4) is 0 Å². The van der Waals surface area contributed by atoms with Crippen molar-refractivity contribution in [3.63, 3.8) is 0 Å². The minimum absolute atomic E-state index is 0.610. The first-order valence-electron chi connectivity index (χ1n) is 9.49. The predicted molar refractivity (Wildman–Crippen MR) is 108 cm³/mol. The van der Waals surface area contributed by atoms with Gasteiger partial charge in [-0.2, -0.15) is 0 Å². The fourth-order valence-electron chi connectivity index (χ4n) is 3.80. The lowest BCUT2D eigenvalue weighted by molar-refractivity contribution is 0.183. The number of allylic oxidation sites excluding steroid dienone is 2. The van der Waals surface area contributed by atoms with Crippen LogP contribution in [0.4, 0.5) is 5.69 Å². The van der Waals surface area contributed by atoms with E-state index in [1.54, 1.807) is 0 Å². The first kappa shape index (κ1) is 16.9. The van der Waals surface area contributed by atoms with E-state index in [0.717, 1.165) is 38.3 Å². The van der Waals surface area contributed by atoms with E-state index in [-0.39, 0.29) is 0 Å². The predicted octanol–water partition coefficient (Wildman–Crippen LogP) is 4.70. The van der Waals surface area contributed by atoms with E-state index in [0.29, 0.717) is 5.92 Å². The highest BCUT2D eigenvalue weighted by Gasteiger charge is 2.27. The Labute approximate surface area is 155 Å². The van der Waals surface area contributed by atoms with Gasteiger partial charge in [-0.25, -0.2) is 4.99 Å². The minimum atomic E-state index is 0.610. The molecule has 2 heterocycles. The first-order valence-corrected chi connectivity index (χ1v) is 10.3. The lowest BCUT2D eigenvalue weighted by atomic mass is 9.97. The molecule has 3 aliphatic rings. The van der Waals surface area contributed by atoms with E-state index in [1.165, 1.54) is 34.2 Å². The highest BCUT2D eigenvalue weighted by Crippen LogP contribution is 2.44. The van der Waals surface area contributed by atoms with Crippen molar-refractivity contribution in [3.05, 3.63) is 46.9 Å². The minimum Gasteiger partial charge on any atom is -0.354 e. The maximum Gasteiger partial charge on any atom is 0.137 e. The second-order valence-electron chi connectivity index (χ2n) is 7.21. The Morgan fingerprint density at radius 3 is 2.76 bits per heavy atom. The summed E-state index contributed by atoms with van der Waals surface area (Å²) in [6.07, 6.45) is 7.03. The number of hydrogen-bond donors (Lipinski definition) is 0. The Bertz CT molecular complexity index is 726. The molecule has 0 aromatic heterocycles. The summed E-state index contributed by atoms with van der Waals surface area (Å²) in [5, 5.41) is 0. The smallest absolute Gasteiger partial charge is 0.137 e. The Balaban J connectivity index is 1.67. The third kappa shape index (κ3) is 3.56. The van der Waals surface area contributed by atoms with Crippen molar-refractivity contribution in [2.75, 3.05) is 32.7 Å².